The van der Waals surface area contributed by atoms with E-state index in [9.17, 15) is 4.79 Å². The van der Waals surface area contributed by atoms with Gasteiger partial charge in [0.15, 0.2) is 0 Å². The van der Waals surface area contributed by atoms with E-state index < -0.39 is 0 Å². The Morgan fingerprint density at radius 2 is 2.25 bits per heavy atom. The number of ether oxygens (including phenoxy) is 1. The number of imidazole rings is 1. The molecule has 0 radical (unpaired) electrons. The number of aromatic amines is 1. The second-order valence-electron chi connectivity index (χ2n) is 6.76. The molecule has 1 amide bonds. The molecule has 1 fully saturated rings. The third-order valence-electron chi connectivity index (χ3n) is 5.01. The van der Waals surface area contributed by atoms with Gasteiger partial charge >= 0.3 is 0 Å². The van der Waals surface area contributed by atoms with Crippen LogP contribution in [0.2, 0.25) is 0 Å². The van der Waals surface area contributed by atoms with Crippen LogP contribution in [-0.2, 0) is 28.8 Å². The minimum absolute atomic E-state index is 0.116. The van der Waals surface area contributed by atoms with Gasteiger partial charge in [0, 0.05) is 18.4 Å². The first kappa shape index (κ1) is 15.4. The number of hydrogen-bond donors (Lipinski definition) is 1. The van der Waals surface area contributed by atoms with Gasteiger partial charge in [0.2, 0.25) is 5.91 Å². The zero-order valence-corrected chi connectivity index (χ0v) is 14.0. The maximum atomic E-state index is 12.9. The standard InChI is InChI=1S/C19H23N3O2/c1-13-11-20-19(21-13)17-12-24-8-7-22(17)18(23)10-14-5-6-15-3-2-4-16(15)9-14/h5-6,9,11,17H,2-4,7-8,10,12H2,1H3,(H,20,21)/t17-/m0/s1. The van der Waals surface area contributed by atoms with E-state index >= 15 is 0 Å². The van der Waals surface area contributed by atoms with Crippen molar-refractivity contribution in [3.8, 4) is 0 Å². The van der Waals surface area contributed by atoms with Crippen molar-refractivity contribution in [1.82, 2.24) is 14.9 Å². The highest BCUT2D eigenvalue weighted by atomic mass is 16.5. The first-order valence-corrected chi connectivity index (χ1v) is 8.70. The van der Waals surface area contributed by atoms with Crippen LogP contribution in [0.25, 0.3) is 0 Å². The number of H-pyrrole nitrogens is 1. The van der Waals surface area contributed by atoms with Crippen molar-refractivity contribution in [3.05, 3.63) is 52.6 Å². The van der Waals surface area contributed by atoms with E-state index in [0.29, 0.717) is 26.2 Å². The molecule has 0 saturated carbocycles. The largest absolute Gasteiger partial charge is 0.377 e. The van der Waals surface area contributed by atoms with Crippen LogP contribution < -0.4 is 0 Å². The second-order valence-corrected chi connectivity index (χ2v) is 6.76. The number of aromatic nitrogens is 2. The molecule has 4 rings (SSSR count). The van der Waals surface area contributed by atoms with Crippen molar-refractivity contribution in [3.63, 3.8) is 0 Å². The summed E-state index contributed by atoms with van der Waals surface area (Å²) in [6.07, 6.45) is 5.79. The summed E-state index contributed by atoms with van der Waals surface area (Å²) in [5.74, 6) is 0.963. The van der Waals surface area contributed by atoms with Crippen molar-refractivity contribution in [1.29, 1.82) is 0 Å². The highest BCUT2D eigenvalue weighted by Crippen LogP contribution is 2.25. The highest BCUT2D eigenvalue weighted by molar-refractivity contribution is 5.79. The fourth-order valence-electron chi connectivity index (χ4n) is 3.74. The molecule has 2 heterocycles. The van der Waals surface area contributed by atoms with Gasteiger partial charge in [-0.1, -0.05) is 18.2 Å². The summed E-state index contributed by atoms with van der Waals surface area (Å²) in [6, 6.07) is 6.40. The van der Waals surface area contributed by atoms with E-state index in [4.69, 9.17) is 4.74 Å². The topological polar surface area (TPSA) is 58.2 Å². The fourth-order valence-corrected chi connectivity index (χ4v) is 3.74. The molecular formula is C19H23N3O2. The summed E-state index contributed by atoms with van der Waals surface area (Å²) >= 11 is 0. The van der Waals surface area contributed by atoms with Gasteiger partial charge in [0.05, 0.1) is 19.6 Å². The number of nitrogens with zero attached hydrogens (tertiary/aromatic N) is 2. The number of carbonyl (C=O) groups is 1. The molecule has 24 heavy (non-hydrogen) atoms. The Morgan fingerprint density at radius 1 is 1.38 bits per heavy atom. The van der Waals surface area contributed by atoms with Crippen LogP contribution in [-0.4, -0.2) is 40.5 Å². The molecule has 1 atom stereocenters. The molecule has 1 aliphatic heterocycles. The molecule has 1 aliphatic carbocycles. The molecular weight excluding hydrogens is 302 g/mol. The summed E-state index contributed by atoms with van der Waals surface area (Å²) in [7, 11) is 0. The van der Waals surface area contributed by atoms with Crippen molar-refractivity contribution >= 4 is 5.91 Å². The number of amides is 1. The van der Waals surface area contributed by atoms with E-state index in [2.05, 4.69) is 28.2 Å². The van der Waals surface area contributed by atoms with Gasteiger partial charge in [-0.3, -0.25) is 4.79 Å². The summed E-state index contributed by atoms with van der Waals surface area (Å²) in [4.78, 5) is 22.4. The van der Waals surface area contributed by atoms with Crippen LogP contribution in [0.5, 0.6) is 0 Å². The van der Waals surface area contributed by atoms with Crippen LogP contribution >= 0.6 is 0 Å². The lowest BCUT2D eigenvalue weighted by molar-refractivity contribution is -0.139. The predicted octanol–water partition coefficient (Wildman–Crippen LogP) is 2.35. The number of benzene rings is 1. The molecule has 0 bridgehead atoms. The Bertz CT molecular complexity index is 753. The highest BCUT2D eigenvalue weighted by Gasteiger charge is 2.30. The molecule has 5 nitrogen and oxygen atoms in total. The molecule has 126 valence electrons. The zero-order chi connectivity index (χ0) is 16.5. The maximum absolute atomic E-state index is 12.9. The Kier molecular flexibility index (Phi) is 4.10. The SMILES string of the molecule is Cc1cnc([C@@H]2COCCN2C(=O)Cc2ccc3c(c2)CCC3)[nH]1. The smallest absolute Gasteiger partial charge is 0.227 e. The van der Waals surface area contributed by atoms with Crippen LogP contribution in [0.4, 0.5) is 0 Å². The zero-order valence-electron chi connectivity index (χ0n) is 14.0. The van der Waals surface area contributed by atoms with E-state index in [1.807, 2.05) is 11.8 Å². The average Bonchev–Trinajstić information content (AvgIpc) is 3.23. The Balaban J connectivity index is 1.51. The Labute approximate surface area is 142 Å². The van der Waals surface area contributed by atoms with Crippen molar-refractivity contribution in [2.45, 2.75) is 38.6 Å². The number of aryl methyl sites for hydroxylation is 3. The first-order valence-electron chi connectivity index (χ1n) is 8.70. The lowest BCUT2D eigenvalue weighted by atomic mass is 10.0. The lowest BCUT2D eigenvalue weighted by Gasteiger charge is -2.34. The fraction of sp³-hybridized carbons (Fsp3) is 0.474. The molecule has 0 unspecified atom stereocenters. The summed E-state index contributed by atoms with van der Waals surface area (Å²) in [5, 5.41) is 0. The molecule has 0 spiro atoms. The average molecular weight is 325 g/mol. The maximum Gasteiger partial charge on any atom is 0.227 e. The minimum atomic E-state index is -0.116. The van der Waals surface area contributed by atoms with E-state index in [1.54, 1.807) is 6.20 Å². The van der Waals surface area contributed by atoms with Crippen molar-refractivity contribution in [2.24, 2.45) is 0 Å². The van der Waals surface area contributed by atoms with E-state index in [1.165, 1.54) is 24.0 Å². The number of nitrogens with one attached hydrogen (secondary N) is 1. The van der Waals surface area contributed by atoms with Gasteiger partial charge in [-0.25, -0.2) is 4.98 Å². The predicted molar refractivity (Wildman–Crippen MR) is 90.8 cm³/mol. The molecule has 1 saturated heterocycles. The monoisotopic (exact) mass is 325 g/mol. The first-order chi connectivity index (χ1) is 11.7. The Morgan fingerprint density at radius 3 is 3.08 bits per heavy atom. The third kappa shape index (κ3) is 2.96. The minimum Gasteiger partial charge on any atom is -0.377 e. The molecule has 1 aromatic heterocycles. The number of fused-ring (bicyclic) bond motifs is 1. The molecule has 1 aromatic carbocycles. The van der Waals surface area contributed by atoms with Crippen LogP contribution in [0.1, 0.15) is 40.7 Å². The molecule has 2 aromatic rings. The summed E-state index contributed by atoms with van der Waals surface area (Å²) in [6.45, 7) is 3.68. The normalized spacial score (nSPS) is 20.2. The van der Waals surface area contributed by atoms with Crippen LogP contribution in [0, 0.1) is 6.92 Å². The van der Waals surface area contributed by atoms with Crippen molar-refractivity contribution < 1.29 is 9.53 Å². The Hall–Kier alpha value is -2.14. The van der Waals surface area contributed by atoms with Crippen LogP contribution in [0.3, 0.4) is 0 Å². The van der Waals surface area contributed by atoms with Crippen LogP contribution in [0.15, 0.2) is 24.4 Å². The van der Waals surface area contributed by atoms with Crippen molar-refractivity contribution in [2.75, 3.05) is 19.8 Å². The molecule has 1 N–H and O–H groups in total. The van der Waals surface area contributed by atoms with Gasteiger partial charge in [-0.15, -0.1) is 0 Å². The van der Waals surface area contributed by atoms with Gasteiger partial charge < -0.3 is 14.6 Å². The summed E-state index contributed by atoms with van der Waals surface area (Å²) < 4.78 is 5.58. The number of morpholine rings is 1. The lowest BCUT2D eigenvalue weighted by Crippen LogP contribution is -2.44. The summed E-state index contributed by atoms with van der Waals surface area (Å²) in [5.41, 5.74) is 4.98. The number of rotatable bonds is 3. The number of carbonyl (C=O) groups excluding carboxylic acids is 1. The van der Waals surface area contributed by atoms with E-state index in [-0.39, 0.29) is 11.9 Å². The molecule has 5 heteroatoms. The van der Waals surface area contributed by atoms with Gasteiger partial charge in [0.25, 0.3) is 0 Å². The van der Waals surface area contributed by atoms with Gasteiger partial charge in [-0.05, 0) is 42.9 Å². The molecule has 2 aliphatic rings. The van der Waals surface area contributed by atoms with Gasteiger partial charge in [-0.2, -0.15) is 0 Å². The second kappa shape index (κ2) is 6.40. The quantitative estimate of drug-likeness (QED) is 0.942. The number of hydrogen-bond acceptors (Lipinski definition) is 3. The van der Waals surface area contributed by atoms with Gasteiger partial charge in [0.1, 0.15) is 11.9 Å². The van der Waals surface area contributed by atoms with E-state index in [0.717, 1.165) is 23.5 Å². The third-order valence-corrected chi connectivity index (χ3v) is 5.01.